The number of carbonyl (C=O) groups excluding carboxylic acids is 2. The highest BCUT2D eigenvalue weighted by Crippen LogP contribution is 2.32. The number of nitrogens with one attached hydrogen (secondary N) is 1. The van der Waals surface area contributed by atoms with Crippen LogP contribution < -0.4 is 5.32 Å². The van der Waals surface area contributed by atoms with Gasteiger partial charge in [-0.1, -0.05) is 23.9 Å². The molecule has 152 valence electrons. The lowest BCUT2D eigenvalue weighted by molar-refractivity contribution is -0.127. The van der Waals surface area contributed by atoms with Crippen LogP contribution in [-0.2, 0) is 19.6 Å². The SMILES string of the molecule is C=CCN1C(=O)[C@@H](CC(=O)Nc2ccc(F)cc2)SC1=NS(=O)(=O)c1cccs1. The molecule has 1 aliphatic rings. The largest absolute Gasteiger partial charge is 0.326 e. The predicted octanol–water partition coefficient (Wildman–Crippen LogP) is 3.09. The van der Waals surface area contributed by atoms with Crippen molar-refractivity contribution >= 4 is 55.8 Å². The van der Waals surface area contributed by atoms with Crippen molar-refractivity contribution in [3.63, 3.8) is 0 Å². The Hall–Kier alpha value is -2.50. The maximum atomic E-state index is 13.0. The number of carbonyl (C=O) groups is 2. The lowest BCUT2D eigenvalue weighted by atomic mass is 10.2. The molecule has 11 heteroatoms. The normalized spacial score (nSPS) is 18.2. The van der Waals surface area contributed by atoms with E-state index in [1.165, 1.54) is 41.3 Å². The Morgan fingerprint density at radius 1 is 1.31 bits per heavy atom. The van der Waals surface area contributed by atoms with Crippen molar-refractivity contribution in [2.24, 2.45) is 4.40 Å². The Balaban J connectivity index is 1.76. The van der Waals surface area contributed by atoms with Crippen molar-refractivity contribution in [2.75, 3.05) is 11.9 Å². The first-order valence-corrected chi connectivity index (χ1v) is 11.5. The van der Waals surface area contributed by atoms with E-state index in [-0.39, 0.29) is 22.3 Å². The molecule has 29 heavy (non-hydrogen) atoms. The topological polar surface area (TPSA) is 95.9 Å². The van der Waals surface area contributed by atoms with Crippen molar-refractivity contribution in [1.82, 2.24) is 4.90 Å². The molecule has 1 atom stereocenters. The standard InChI is InChI=1S/C18H16FN3O4S3/c1-2-9-22-17(24)14(11-15(23)20-13-7-5-12(19)6-8-13)28-18(22)21-29(25,26)16-4-3-10-27-16/h2-8,10,14H,1,9,11H2,(H,20,23)/t14-/m1/s1. The predicted molar refractivity (Wildman–Crippen MR) is 112 cm³/mol. The number of benzene rings is 1. The quantitative estimate of drug-likeness (QED) is 0.650. The minimum atomic E-state index is -3.96. The number of hydrogen-bond acceptors (Lipinski definition) is 6. The average molecular weight is 454 g/mol. The first-order valence-electron chi connectivity index (χ1n) is 8.33. The summed E-state index contributed by atoms with van der Waals surface area (Å²) in [5.41, 5.74) is 0.393. The van der Waals surface area contributed by atoms with Crippen LogP contribution in [0.2, 0.25) is 0 Å². The molecule has 2 amide bonds. The molecule has 0 saturated carbocycles. The number of amidine groups is 1. The lowest BCUT2D eigenvalue weighted by Crippen LogP contribution is -2.33. The molecule has 0 radical (unpaired) electrons. The number of thiophene rings is 1. The van der Waals surface area contributed by atoms with Crippen LogP contribution in [0.15, 0.2) is 63.0 Å². The molecule has 0 aliphatic carbocycles. The van der Waals surface area contributed by atoms with Gasteiger partial charge in [-0.2, -0.15) is 8.42 Å². The number of thioether (sulfide) groups is 1. The van der Waals surface area contributed by atoms with E-state index in [1.54, 1.807) is 11.4 Å². The summed E-state index contributed by atoms with van der Waals surface area (Å²) in [5.74, 6) is -1.31. The molecule has 7 nitrogen and oxygen atoms in total. The van der Waals surface area contributed by atoms with Gasteiger partial charge in [0.1, 0.15) is 15.3 Å². The minimum Gasteiger partial charge on any atom is -0.326 e. The molecule has 1 aromatic heterocycles. The second-order valence-electron chi connectivity index (χ2n) is 5.88. The zero-order chi connectivity index (χ0) is 21.0. The number of nitrogens with zero attached hydrogens (tertiary/aromatic N) is 2. The van der Waals surface area contributed by atoms with Crippen LogP contribution in [-0.4, -0.2) is 42.1 Å². The number of sulfonamides is 1. The first kappa shape index (κ1) is 21.2. The summed E-state index contributed by atoms with van der Waals surface area (Å²) in [5, 5.41) is 3.37. The summed E-state index contributed by atoms with van der Waals surface area (Å²) in [6.45, 7) is 3.64. The van der Waals surface area contributed by atoms with E-state index in [0.717, 1.165) is 23.1 Å². The molecular weight excluding hydrogens is 437 g/mol. The smallest absolute Gasteiger partial charge is 0.294 e. The zero-order valence-corrected chi connectivity index (χ0v) is 17.4. The maximum Gasteiger partial charge on any atom is 0.294 e. The molecule has 1 aliphatic heterocycles. The van der Waals surface area contributed by atoms with E-state index >= 15 is 0 Å². The molecule has 0 unspecified atom stereocenters. The van der Waals surface area contributed by atoms with E-state index in [2.05, 4.69) is 16.3 Å². The lowest BCUT2D eigenvalue weighted by Gasteiger charge is -2.13. The van der Waals surface area contributed by atoms with Gasteiger partial charge in [-0.05, 0) is 35.7 Å². The summed E-state index contributed by atoms with van der Waals surface area (Å²) in [6.07, 6.45) is 1.26. The average Bonchev–Trinajstić information content (AvgIpc) is 3.29. The van der Waals surface area contributed by atoms with E-state index in [0.29, 0.717) is 5.69 Å². The fraction of sp³-hybridized carbons (Fsp3) is 0.167. The molecule has 0 bridgehead atoms. The van der Waals surface area contributed by atoms with Gasteiger partial charge in [0.2, 0.25) is 11.8 Å². The molecule has 2 heterocycles. The van der Waals surface area contributed by atoms with Crippen LogP contribution in [0.25, 0.3) is 0 Å². The Kier molecular flexibility index (Phi) is 6.50. The highest BCUT2D eigenvalue weighted by atomic mass is 32.2. The van der Waals surface area contributed by atoms with Gasteiger partial charge in [0.05, 0.1) is 0 Å². The van der Waals surface area contributed by atoms with E-state index < -0.39 is 32.9 Å². The molecule has 1 N–H and O–H groups in total. The van der Waals surface area contributed by atoms with Crippen LogP contribution in [0.4, 0.5) is 10.1 Å². The third-order valence-corrected chi connectivity index (χ3v) is 7.71. The summed E-state index contributed by atoms with van der Waals surface area (Å²) < 4.78 is 41.7. The second kappa shape index (κ2) is 8.89. The van der Waals surface area contributed by atoms with Gasteiger partial charge in [-0.25, -0.2) is 4.39 Å². The Bertz CT molecular complexity index is 1050. The van der Waals surface area contributed by atoms with Crippen LogP contribution in [0.5, 0.6) is 0 Å². The summed E-state index contributed by atoms with van der Waals surface area (Å²) >= 11 is 1.94. The fourth-order valence-corrected chi connectivity index (χ4v) is 5.81. The van der Waals surface area contributed by atoms with E-state index in [4.69, 9.17) is 0 Å². The van der Waals surface area contributed by atoms with Crippen LogP contribution >= 0.6 is 23.1 Å². The van der Waals surface area contributed by atoms with Crippen molar-refractivity contribution in [3.8, 4) is 0 Å². The van der Waals surface area contributed by atoms with Gasteiger partial charge >= 0.3 is 0 Å². The van der Waals surface area contributed by atoms with Gasteiger partial charge in [-0.3, -0.25) is 14.5 Å². The van der Waals surface area contributed by atoms with Crippen LogP contribution in [0, 0.1) is 5.82 Å². The molecule has 3 rings (SSSR count). The highest BCUT2D eigenvalue weighted by molar-refractivity contribution is 8.16. The highest BCUT2D eigenvalue weighted by Gasteiger charge is 2.39. The van der Waals surface area contributed by atoms with Gasteiger partial charge in [0.25, 0.3) is 10.0 Å². The number of rotatable bonds is 7. The fourth-order valence-electron chi connectivity index (χ4n) is 2.48. The Labute approximate surface area is 175 Å². The van der Waals surface area contributed by atoms with Crippen molar-refractivity contribution in [2.45, 2.75) is 15.9 Å². The summed E-state index contributed by atoms with van der Waals surface area (Å²) in [4.78, 5) is 26.1. The van der Waals surface area contributed by atoms with E-state index in [9.17, 15) is 22.4 Å². The zero-order valence-electron chi connectivity index (χ0n) is 14.9. The summed E-state index contributed by atoms with van der Waals surface area (Å²) in [6, 6.07) is 8.24. The van der Waals surface area contributed by atoms with Gasteiger partial charge in [0, 0.05) is 18.7 Å². The maximum absolute atomic E-state index is 13.0. The third-order valence-electron chi connectivity index (χ3n) is 3.78. The Morgan fingerprint density at radius 3 is 2.66 bits per heavy atom. The van der Waals surface area contributed by atoms with Crippen molar-refractivity contribution in [1.29, 1.82) is 0 Å². The van der Waals surface area contributed by atoms with Gasteiger partial charge in [-0.15, -0.1) is 22.3 Å². The number of anilines is 1. The van der Waals surface area contributed by atoms with Crippen molar-refractivity contribution < 1.29 is 22.4 Å². The minimum absolute atomic E-state index is 0.00267. The molecule has 1 fully saturated rings. The third kappa shape index (κ3) is 5.11. The number of amides is 2. The monoisotopic (exact) mass is 453 g/mol. The molecule has 1 saturated heterocycles. The van der Waals surface area contributed by atoms with Crippen molar-refractivity contribution in [3.05, 3.63) is 60.3 Å². The first-order chi connectivity index (χ1) is 13.8. The number of halogens is 1. The van der Waals surface area contributed by atoms with Crippen LogP contribution in [0.1, 0.15) is 6.42 Å². The van der Waals surface area contributed by atoms with Crippen LogP contribution in [0.3, 0.4) is 0 Å². The molecular formula is C18H16FN3O4S3. The second-order valence-corrected chi connectivity index (χ2v) is 9.83. The molecule has 0 spiro atoms. The molecule has 2 aromatic rings. The Morgan fingerprint density at radius 2 is 2.03 bits per heavy atom. The molecule has 1 aromatic carbocycles. The van der Waals surface area contributed by atoms with Gasteiger partial charge < -0.3 is 5.32 Å². The number of hydrogen-bond donors (Lipinski definition) is 1. The van der Waals surface area contributed by atoms with E-state index in [1.807, 2.05) is 0 Å². The van der Waals surface area contributed by atoms with Gasteiger partial charge in [0.15, 0.2) is 5.17 Å². The summed E-state index contributed by atoms with van der Waals surface area (Å²) in [7, 11) is -3.96.